The summed E-state index contributed by atoms with van der Waals surface area (Å²) in [6.45, 7) is 8.07. The van der Waals surface area contributed by atoms with E-state index in [0.717, 1.165) is 32.2 Å². The molecule has 0 aromatic carbocycles. The van der Waals surface area contributed by atoms with Crippen molar-refractivity contribution in [3.63, 3.8) is 0 Å². The van der Waals surface area contributed by atoms with E-state index in [1.165, 1.54) is 0 Å². The predicted molar refractivity (Wildman–Crippen MR) is 75.7 cm³/mol. The molecule has 106 valence electrons. The molecule has 0 radical (unpaired) electrons. The van der Waals surface area contributed by atoms with Gasteiger partial charge in [0.25, 0.3) is 0 Å². The highest BCUT2D eigenvalue weighted by atomic mass is 16.2. The van der Waals surface area contributed by atoms with Crippen molar-refractivity contribution in [2.24, 2.45) is 0 Å². The fourth-order valence-corrected chi connectivity index (χ4v) is 2.38. The molecule has 0 aliphatic carbocycles. The van der Waals surface area contributed by atoms with Crippen LogP contribution in [0.3, 0.4) is 0 Å². The van der Waals surface area contributed by atoms with Gasteiger partial charge in [0, 0.05) is 12.1 Å². The minimum Gasteiger partial charge on any atom is -0.353 e. The van der Waals surface area contributed by atoms with Crippen LogP contribution in [0.2, 0.25) is 0 Å². The van der Waals surface area contributed by atoms with Gasteiger partial charge in [0.15, 0.2) is 0 Å². The third-order valence-corrected chi connectivity index (χ3v) is 4.25. The van der Waals surface area contributed by atoms with Crippen molar-refractivity contribution in [2.45, 2.75) is 57.5 Å². The van der Waals surface area contributed by atoms with E-state index < -0.39 is 0 Å². The maximum absolute atomic E-state index is 12.4. The Morgan fingerprint density at radius 1 is 1.44 bits per heavy atom. The molecule has 4 heteroatoms. The number of amides is 1. The van der Waals surface area contributed by atoms with Crippen LogP contribution in [0, 0.1) is 0 Å². The fourth-order valence-electron chi connectivity index (χ4n) is 2.38. The first kappa shape index (κ1) is 15.4. The first-order valence-electron chi connectivity index (χ1n) is 7.05. The van der Waals surface area contributed by atoms with Crippen molar-refractivity contribution < 1.29 is 4.79 Å². The van der Waals surface area contributed by atoms with E-state index in [-0.39, 0.29) is 17.0 Å². The maximum atomic E-state index is 12.4. The van der Waals surface area contributed by atoms with Crippen LogP contribution in [0.25, 0.3) is 0 Å². The van der Waals surface area contributed by atoms with Gasteiger partial charge in [0.05, 0.1) is 5.54 Å². The highest BCUT2D eigenvalue weighted by Gasteiger charge is 2.40. The zero-order valence-corrected chi connectivity index (χ0v) is 12.6. The molecule has 0 aromatic heterocycles. The molecular weight excluding hydrogens is 226 g/mol. The Hall–Kier alpha value is -0.610. The molecule has 1 unspecified atom stereocenters. The number of rotatable bonds is 6. The molecule has 18 heavy (non-hydrogen) atoms. The summed E-state index contributed by atoms with van der Waals surface area (Å²) in [7, 11) is 4.09. The SMILES string of the molecule is CCCC1(C(=O)NCC(C)(C)N(C)C)CCCN1. The average molecular weight is 255 g/mol. The minimum atomic E-state index is -0.308. The van der Waals surface area contributed by atoms with E-state index in [0.29, 0.717) is 6.54 Å². The summed E-state index contributed by atoms with van der Waals surface area (Å²) in [5, 5.41) is 6.54. The van der Waals surface area contributed by atoms with Gasteiger partial charge in [-0.25, -0.2) is 0 Å². The van der Waals surface area contributed by atoms with E-state index in [4.69, 9.17) is 0 Å². The largest absolute Gasteiger partial charge is 0.353 e. The Morgan fingerprint density at radius 2 is 2.11 bits per heavy atom. The van der Waals surface area contributed by atoms with Crippen LogP contribution < -0.4 is 10.6 Å². The molecule has 2 N–H and O–H groups in total. The van der Waals surface area contributed by atoms with Gasteiger partial charge in [0.1, 0.15) is 0 Å². The lowest BCUT2D eigenvalue weighted by molar-refractivity contribution is -0.128. The summed E-state index contributed by atoms with van der Waals surface area (Å²) in [6, 6.07) is 0. The molecule has 1 rings (SSSR count). The van der Waals surface area contributed by atoms with Crippen molar-refractivity contribution in [3.05, 3.63) is 0 Å². The van der Waals surface area contributed by atoms with E-state index in [1.54, 1.807) is 0 Å². The van der Waals surface area contributed by atoms with Crippen molar-refractivity contribution in [1.82, 2.24) is 15.5 Å². The maximum Gasteiger partial charge on any atom is 0.240 e. The van der Waals surface area contributed by atoms with Crippen LogP contribution in [-0.4, -0.2) is 49.1 Å². The molecule has 1 fully saturated rings. The van der Waals surface area contributed by atoms with Crippen LogP contribution >= 0.6 is 0 Å². The van der Waals surface area contributed by atoms with Gasteiger partial charge in [-0.05, 0) is 53.8 Å². The topological polar surface area (TPSA) is 44.4 Å². The number of carbonyl (C=O) groups excluding carboxylic acids is 1. The van der Waals surface area contributed by atoms with Gasteiger partial charge in [-0.1, -0.05) is 13.3 Å². The molecule has 0 bridgehead atoms. The normalized spacial score (nSPS) is 24.6. The molecule has 1 aliphatic heterocycles. The number of nitrogens with zero attached hydrogens (tertiary/aromatic N) is 1. The van der Waals surface area contributed by atoms with Crippen molar-refractivity contribution in [1.29, 1.82) is 0 Å². The van der Waals surface area contributed by atoms with Crippen LogP contribution in [0.5, 0.6) is 0 Å². The molecule has 1 aliphatic rings. The van der Waals surface area contributed by atoms with Gasteiger partial charge >= 0.3 is 0 Å². The van der Waals surface area contributed by atoms with Crippen molar-refractivity contribution in [3.8, 4) is 0 Å². The summed E-state index contributed by atoms with van der Waals surface area (Å²) in [5.41, 5.74) is -0.321. The van der Waals surface area contributed by atoms with Crippen LogP contribution in [0.4, 0.5) is 0 Å². The molecule has 0 spiro atoms. The van der Waals surface area contributed by atoms with Gasteiger partial charge in [-0.15, -0.1) is 0 Å². The molecule has 0 saturated carbocycles. The Labute approximate surface area is 111 Å². The molecule has 1 amide bonds. The summed E-state index contributed by atoms with van der Waals surface area (Å²) in [6.07, 6.45) is 4.04. The molecular formula is C14H29N3O. The van der Waals surface area contributed by atoms with E-state index in [9.17, 15) is 4.79 Å². The van der Waals surface area contributed by atoms with Gasteiger partial charge in [-0.3, -0.25) is 4.79 Å². The minimum absolute atomic E-state index is 0.0122. The highest BCUT2D eigenvalue weighted by molar-refractivity contribution is 5.86. The number of carbonyl (C=O) groups is 1. The quantitative estimate of drug-likeness (QED) is 0.753. The lowest BCUT2D eigenvalue weighted by Gasteiger charge is -2.35. The second kappa shape index (κ2) is 6.02. The lowest BCUT2D eigenvalue weighted by Crippen LogP contribution is -2.57. The molecule has 1 saturated heterocycles. The van der Waals surface area contributed by atoms with Crippen LogP contribution in [-0.2, 0) is 4.79 Å². The van der Waals surface area contributed by atoms with E-state index in [2.05, 4.69) is 36.3 Å². The second-order valence-corrected chi connectivity index (χ2v) is 6.25. The molecule has 1 heterocycles. The average Bonchev–Trinajstić information content (AvgIpc) is 2.76. The molecule has 4 nitrogen and oxygen atoms in total. The first-order chi connectivity index (χ1) is 8.34. The van der Waals surface area contributed by atoms with Gasteiger partial charge in [-0.2, -0.15) is 0 Å². The van der Waals surface area contributed by atoms with E-state index >= 15 is 0 Å². The lowest BCUT2D eigenvalue weighted by atomic mass is 9.90. The predicted octanol–water partition coefficient (Wildman–Crippen LogP) is 1.37. The number of hydrogen-bond acceptors (Lipinski definition) is 3. The number of hydrogen-bond donors (Lipinski definition) is 2. The summed E-state index contributed by atoms with van der Waals surface area (Å²) in [5.74, 6) is 0.178. The van der Waals surface area contributed by atoms with Crippen molar-refractivity contribution >= 4 is 5.91 Å². The zero-order valence-electron chi connectivity index (χ0n) is 12.6. The van der Waals surface area contributed by atoms with Crippen molar-refractivity contribution in [2.75, 3.05) is 27.2 Å². The Balaban J connectivity index is 2.58. The number of likely N-dealkylation sites (N-methyl/N-ethyl adjacent to an activating group) is 1. The number of nitrogens with one attached hydrogen (secondary N) is 2. The Morgan fingerprint density at radius 3 is 2.56 bits per heavy atom. The highest BCUT2D eigenvalue weighted by Crippen LogP contribution is 2.25. The summed E-state index contributed by atoms with van der Waals surface area (Å²) >= 11 is 0. The standard InChI is InChI=1S/C14H29N3O/c1-6-8-14(9-7-10-16-14)12(18)15-11-13(2,3)17(4)5/h16H,6-11H2,1-5H3,(H,15,18). The third-order valence-electron chi connectivity index (χ3n) is 4.25. The molecule has 0 aromatic rings. The summed E-state index contributed by atoms with van der Waals surface area (Å²) < 4.78 is 0. The van der Waals surface area contributed by atoms with Crippen LogP contribution in [0.15, 0.2) is 0 Å². The van der Waals surface area contributed by atoms with Crippen LogP contribution in [0.1, 0.15) is 46.5 Å². The smallest absolute Gasteiger partial charge is 0.240 e. The van der Waals surface area contributed by atoms with Gasteiger partial charge < -0.3 is 15.5 Å². The third kappa shape index (κ3) is 3.45. The Bertz CT molecular complexity index is 281. The van der Waals surface area contributed by atoms with E-state index in [1.807, 2.05) is 14.1 Å². The fraction of sp³-hybridized carbons (Fsp3) is 0.929. The Kier molecular flexibility index (Phi) is 5.17. The summed E-state index contributed by atoms with van der Waals surface area (Å²) in [4.78, 5) is 14.6. The van der Waals surface area contributed by atoms with Gasteiger partial charge in [0.2, 0.25) is 5.91 Å². The monoisotopic (exact) mass is 255 g/mol. The molecule has 1 atom stereocenters. The first-order valence-corrected chi connectivity index (χ1v) is 7.05. The zero-order chi connectivity index (χ0) is 13.8. The second-order valence-electron chi connectivity index (χ2n) is 6.25.